The summed E-state index contributed by atoms with van der Waals surface area (Å²) in [6.07, 6.45) is 3.52. The minimum absolute atomic E-state index is 0.567. The minimum atomic E-state index is 0.567. The largest absolute Gasteiger partial charge is 0.423 e. The van der Waals surface area contributed by atoms with Gasteiger partial charge in [0.15, 0.2) is 5.58 Å². The molecule has 1 saturated heterocycles. The summed E-state index contributed by atoms with van der Waals surface area (Å²) < 4.78 is 5.92. The van der Waals surface area contributed by atoms with Gasteiger partial charge in [-0.2, -0.15) is 10.2 Å². The lowest BCUT2D eigenvalue weighted by molar-refractivity contribution is 0.246. The first-order chi connectivity index (χ1) is 14.7. The van der Waals surface area contributed by atoms with E-state index < -0.39 is 0 Å². The van der Waals surface area contributed by atoms with Crippen LogP contribution in [0, 0.1) is 18.3 Å². The van der Waals surface area contributed by atoms with Crippen molar-refractivity contribution >= 4 is 17.1 Å². The molecule has 0 aliphatic carbocycles. The molecule has 3 aromatic rings. The molecule has 0 radical (unpaired) electrons. The fraction of sp³-hybridized carbons (Fsp3) is 0.440. The number of hydrogen-bond acceptors (Lipinski definition) is 5. The van der Waals surface area contributed by atoms with Crippen LogP contribution in [0.15, 0.2) is 46.9 Å². The van der Waals surface area contributed by atoms with Crippen LogP contribution >= 0.6 is 0 Å². The second-order valence-corrected chi connectivity index (χ2v) is 8.23. The molecule has 0 bridgehead atoms. The van der Waals surface area contributed by atoms with Crippen molar-refractivity contribution in [1.29, 1.82) is 5.26 Å². The van der Waals surface area contributed by atoms with Crippen molar-refractivity contribution in [3.8, 4) is 6.07 Å². The number of anilines is 1. The molecular formula is C25H30N4O. The predicted molar refractivity (Wildman–Crippen MR) is 121 cm³/mol. The van der Waals surface area contributed by atoms with Gasteiger partial charge < -0.3 is 9.32 Å². The Hall–Kier alpha value is -2.84. The molecule has 5 heteroatoms. The first-order valence-electron chi connectivity index (χ1n) is 11.0. The van der Waals surface area contributed by atoms with Crippen molar-refractivity contribution in [2.24, 2.45) is 0 Å². The summed E-state index contributed by atoms with van der Waals surface area (Å²) in [4.78, 5) is 9.44. The lowest BCUT2D eigenvalue weighted by atomic mass is 9.90. The molecule has 30 heavy (non-hydrogen) atoms. The van der Waals surface area contributed by atoms with Gasteiger partial charge in [0.2, 0.25) is 0 Å². The van der Waals surface area contributed by atoms with E-state index in [2.05, 4.69) is 39.9 Å². The molecule has 1 aliphatic rings. The van der Waals surface area contributed by atoms with E-state index in [4.69, 9.17) is 9.68 Å². The Bertz CT molecular complexity index is 994. The average Bonchev–Trinajstić information content (AvgIpc) is 3.21. The van der Waals surface area contributed by atoms with Crippen LogP contribution < -0.4 is 4.90 Å². The minimum Gasteiger partial charge on any atom is -0.423 e. The SMILES string of the molecule is CCC(CCCN1CCN(c2nc3ccccc3o2)CC1)c1ccc(C#N)c(C)c1. The second-order valence-electron chi connectivity index (χ2n) is 8.23. The van der Waals surface area contributed by atoms with E-state index in [0.717, 1.165) is 67.4 Å². The van der Waals surface area contributed by atoms with Crippen LogP contribution in [-0.4, -0.2) is 42.6 Å². The van der Waals surface area contributed by atoms with Gasteiger partial charge in [-0.25, -0.2) is 0 Å². The number of hydrogen-bond donors (Lipinski definition) is 0. The summed E-state index contributed by atoms with van der Waals surface area (Å²) in [7, 11) is 0. The lowest BCUT2D eigenvalue weighted by Gasteiger charge is -2.34. The number of piperazine rings is 1. The number of benzene rings is 2. The van der Waals surface area contributed by atoms with Crippen molar-refractivity contribution in [3.63, 3.8) is 0 Å². The molecule has 1 fully saturated rings. The Morgan fingerprint density at radius 2 is 1.93 bits per heavy atom. The Labute approximate surface area is 178 Å². The maximum atomic E-state index is 9.15. The van der Waals surface area contributed by atoms with Crippen LogP contribution in [0.2, 0.25) is 0 Å². The van der Waals surface area contributed by atoms with Gasteiger partial charge in [-0.15, -0.1) is 0 Å². The second kappa shape index (κ2) is 9.32. The third-order valence-electron chi connectivity index (χ3n) is 6.29. The topological polar surface area (TPSA) is 56.3 Å². The fourth-order valence-corrected chi connectivity index (χ4v) is 4.39. The van der Waals surface area contributed by atoms with E-state index >= 15 is 0 Å². The van der Waals surface area contributed by atoms with E-state index in [-0.39, 0.29) is 0 Å². The van der Waals surface area contributed by atoms with E-state index in [0.29, 0.717) is 5.92 Å². The Kier molecular flexibility index (Phi) is 6.35. The quantitative estimate of drug-likeness (QED) is 0.550. The standard InChI is InChI=1S/C25H30N4O/c1-3-20(21-10-11-22(18-26)19(2)17-21)7-6-12-28-13-15-29(16-14-28)25-27-23-8-4-5-9-24(23)30-25/h4-5,8-11,17,20H,3,6-7,12-16H2,1-2H3. The number of nitriles is 1. The molecular weight excluding hydrogens is 372 g/mol. The number of fused-ring (bicyclic) bond motifs is 1. The molecule has 1 aliphatic heterocycles. The normalized spacial score (nSPS) is 16.0. The Morgan fingerprint density at radius 3 is 2.63 bits per heavy atom. The Balaban J connectivity index is 1.26. The molecule has 4 rings (SSSR count). The molecule has 0 spiro atoms. The molecule has 2 aromatic carbocycles. The van der Waals surface area contributed by atoms with E-state index in [1.165, 1.54) is 18.4 Å². The van der Waals surface area contributed by atoms with Crippen LogP contribution in [0.3, 0.4) is 0 Å². The van der Waals surface area contributed by atoms with E-state index in [1.54, 1.807) is 0 Å². The summed E-state index contributed by atoms with van der Waals surface area (Å²) >= 11 is 0. The van der Waals surface area contributed by atoms with E-state index in [1.807, 2.05) is 37.3 Å². The molecule has 0 saturated carbocycles. The predicted octanol–water partition coefficient (Wildman–Crippen LogP) is 5.10. The number of aryl methyl sites for hydroxylation is 1. The zero-order valence-corrected chi connectivity index (χ0v) is 18.0. The van der Waals surface area contributed by atoms with Gasteiger partial charge in [0, 0.05) is 26.2 Å². The van der Waals surface area contributed by atoms with Gasteiger partial charge in [-0.3, -0.25) is 4.90 Å². The van der Waals surface area contributed by atoms with Gasteiger partial charge in [0.25, 0.3) is 6.01 Å². The van der Waals surface area contributed by atoms with Crippen molar-refractivity contribution in [2.45, 2.75) is 39.0 Å². The molecule has 1 atom stereocenters. The zero-order valence-electron chi connectivity index (χ0n) is 18.0. The van der Waals surface area contributed by atoms with Crippen molar-refractivity contribution in [2.75, 3.05) is 37.6 Å². The smallest absolute Gasteiger partial charge is 0.298 e. The summed E-state index contributed by atoms with van der Waals surface area (Å²) in [5, 5.41) is 9.15. The van der Waals surface area contributed by atoms with Crippen molar-refractivity contribution in [1.82, 2.24) is 9.88 Å². The first-order valence-corrected chi connectivity index (χ1v) is 11.0. The number of para-hydroxylation sites is 2. The van der Waals surface area contributed by atoms with Gasteiger partial charge in [-0.1, -0.05) is 31.2 Å². The summed E-state index contributed by atoms with van der Waals surface area (Å²) in [5.74, 6) is 0.567. The maximum Gasteiger partial charge on any atom is 0.298 e. The maximum absolute atomic E-state index is 9.15. The molecule has 0 amide bonds. The third kappa shape index (κ3) is 4.49. The van der Waals surface area contributed by atoms with Gasteiger partial charge in [0.1, 0.15) is 5.52 Å². The highest BCUT2D eigenvalue weighted by molar-refractivity contribution is 5.74. The highest BCUT2D eigenvalue weighted by Crippen LogP contribution is 2.27. The highest BCUT2D eigenvalue weighted by atomic mass is 16.4. The molecule has 1 unspecified atom stereocenters. The van der Waals surface area contributed by atoms with E-state index in [9.17, 15) is 0 Å². The van der Waals surface area contributed by atoms with Crippen LogP contribution in [0.4, 0.5) is 6.01 Å². The Morgan fingerprint density at radius 1 is 1.13 bits per heavy atom. The van der Waals surface area contributed by atoms with Crippen LogP contribution in [0.25, 0.3) is 11.1 Å². The van der Waals surface area contributed by atoms with Gasteiger partial charge in [0.05, 0.1) is 11.6 Å². The number of nitrogens with zero attached hydrogens (tertiary/aromatic N) is 4. The van der Waals surface area contributed by atoms with Crippen LogP contribution in [0.1, 0.15) is 48.8 Å². The summed E-state index contributed by atoms with van der Waals surface area (Å²) in [6, 6.07) is 17.3. The number of oxazole rings is 1. The molecule has 156 valence electrons. The monoisotopic (exact) mass is 402 g/mol. The fourth-order valence-electron chi connectivity index (χ4n) is 4.39. The molecule has 0 N–H and O–H groups in total. The number of aromatic nitrogens is 1. The number of rotatable bonds is 7. The third-order valence-corrected chi connectivity index (χ3v) is 6.29. The lowest BCUT2D eigenvalue weighted by Crippen LogP contribution is -2.46. The van der Waals surface area contributed by atoms with Gasteiger partial charge in [-0.05, 0) is 68.0 Å². The zero-order chi connectivity index (χ0) is 20.9. The molecule has 2 heterocycles. The van der Waals surface area contributed by atoms with Crippen LogP contribution in [-0.2, 0) is 0 Å². The van der Waals surface area contributed by atoms with Gasteiger partial charge >= 0.3 is 0 Å². The molecule has 5 nitrogen and oxygen atoms in total. The van der Waals surface area contributed by atoms with Crippen LogP contribution in [0.5, 0.6) is 0 Å². The average molecular weight is 403 g/mol. The summed E-state index contributed by atoms with van der Waals surface area (Å²) in [5.41, 5.74) is 5.03. The highest BCUT2D eigenvalue weighted by Gasteiger charge is 2.21. The van der Waals surface area contributed by atoms with Crippen molar-refractivity contribution < 1.29 is 4.42 Å². The summed E-state index contributed by atoms with van der Waals surface area (Å²) in [6.45, 7) is 9.43. The molecule has 1 aromatic heterocycles. The van der Waals surface area contributed by atoms with Crippen molar-refractivity contribution in [3.05, 3.63) is 59.2 Å². The first kappa shape index (κ1) is 20.4.